The number of halogens is 1. The highest BCUT2D eigenvalue weighted by molar-refractivity contribution is 7.89. The van der Waals surface area contributed by atoms with Gasteiger partial charge in [-0.25, -0.2) is 13.2 Å². The lowest BCUT2D eigenvalue weighted by Crippen LogP contribution is -2.26. The number of hydroxylamine groups is 1. The summed E-state index contributed by atoms with van der Waals surface area (Å²) in [6.07, 6.45) is 0. The van der Waals surface area contributed by atoms with Crippen molar-refractivity contribution in [3.8, 4) is 5.75 Å². The lowest BCUT2D eigenvalue weighted by Gasteiger charge is -2.15. The quantitative estimate of drug-likeness (QED) is 0.322. The molecule has 0 atom stereocenters. The van der Waals surface area contributed by atoms with Crippen LogP contribution < -0.4 is 4.74 Å². The smallest absolute Gasteiger partial charge is 0.343 e. The molecule has 0 heterocycles. The number of sulfonamides is 1. The van der Waals surface area contributed by atoms with Gasteiger partial charge in [-0.3, -0.25) is 9.63 Å². The van der Waals surface area contributed by atoms with Gasteiger partial charge in [0.25, 0.3) is 10.0 Å². The van der Waals surface area contributed by atoms with Crippen LogP contribution in [0, 0.1) is 0 Å². The Morgan fingerprint density at radius 3 is 2.15 bits per heavy atom. The van der Waals surface area contributed by atoms with E-state index in [1.807, 2.05) is 0 Å². The molecule has 7 nitrogen and oxygen atoms in total. The maximum atomic E-state index is 12.4. The van der Waals surface area contributed by atoms with Crippen LogP contribution >= 0.6 is 11.6 Å². The first kappa shape index (κ1) is 20.1. The normalized spacial score (nSPS) is 11.4. The molecule has 0 saturated carbocycles. The number of nitrogens with zero attached hydrogens (tertiary/aromatic N) is 1. The average molecular weight is 398 g/mol. The second-order valence-electron chi connectivity index (χ2n) is 5.21. The Morgan fingerprint density at radius 2 is 1.62 bits per heavy atom. The topological polar surface area (TPSA) is 90.0 Å². The molecule has 0 aliphatic rings. The Morgan fingerprint density at radius 1 is 1.04 bits per heavy atom. The molecular weight excluding hydrogens is 382 g/mol. The summed E-state index contributed by atoms with van der Waals surface area (Å²) in [5, 5.41) is -0.0590. The van der Waals surface area contributed by atoms with E-state index in [-0.39, 0.29) is 27.0 Å². The van der Waals surface area contributed by atoms with Crippen molar-refractivity contribution in [1.29, 1.82) is 0 Å². The van der Waals surface area contributed by atoms with Crippen molar-refractivity contribution in [2.75, 3.05) is 14.2 Å². The minimum Gasteiger partial charge on any atom is -0.423 e. The molecule has 0 saturated heterocycles. The van der Waals surface area contributed by atoms with Crippen LogP contribution in [0.3, 0.4) is 0 Å². The number of rotatable bonds is 6. The molecule has 2 rings (SSSR count). The van der Waals surface area contributed by atoms with Gasteiger partial charge in [-0.15, -0.1) is 0 Å². The van der Waals surface area contributed by atoms with Crippen molar-refractivity contribution in [3.63, 3.8) is 0 Å². The first-order valence-corrected chi connectivity index (χ1v) is 9.14. The monoisotopic (exact) mass is 397 g/mol. The number of benzene rings is 2. The van der Waals surface area contributed by atoms with Gasteiger partial charge in [-0.1, -0.05) is 16.1 Å². The van der Waals surface area contributed by atoms with Crippen LogP contribution in [0.25, 0.3) is 0 Å². The summed E-state index contributed by atoms with van der Waals surface area (Å²) >= 11 is 5.95. The minimum atomic E-state index is -4.03. The molecule has 0 radical (unpaired) electrons. The highest BCUT2D eigenvalue weighted by Crippen LogP contribution is 2.26. The molecule has 0 aromatic heterocycles. The second kappa shape index (κ2) is 7.96. The number of hydrogen-bond acceptors (Lipinski definition) is 6. The Balaban J connectivity index is 2.30. The molecule has 2 aromatic carbocycles. The first-order valence-electron chi connectivity index (χ1n) is 7.32. The Kier molecular flexibility index (Phi) is 6.14. The van der Waals surface area contributed by atoms with Crippen LogP contribution in [-0.4, -0.2) is 38.8 Å². The number of ketones is 1. The maximum Gasteiger partial charge on any atom is 0.343 e. The van der Waals surface area contributed by atoms with Crippen molar-refractivity contribution < 1.29 is 27.6 Å². The van der Waals surface area contributed by atoms with Crippen LogP contribution in [0.4, 0.5) is 0 Å². The van der Waals surface area contributed by atoms with E-state index in [1.54, 1.807) is 0 Å². The van der Waals surface area contributed by atoms with Crippen LogP contribution in [-0.2, 0) is 14.9 Å². The van der Waals surface area contributed by atoms with Gasteiger partial charge in [0.1, 0.15) is 10.6 Å². The molecule has 0 aliphatic heterocycles. The van der Waals surface area contributed by atoms with Crippen molar-refractivity contribution in [3.05, 3.63) is 58.6 Å². The fourth-order valence-corrected chi connectivity index (χ4v) is 3.46. The highest BCUT2D eigenvalue weighted by Gasteiger charge is 2.25. The van der Waals surface area contributed by atoms with E-state index < -0.39 is 16.0 Å². The number of esters is 1. The summed E-state index contributed by atoms with van der Waals surface area (Å²) in [6.45, 7) is 1.42. The second-order valence-corrected chi connectivity index (χ2v) is 7.52. The lowest BCUT2D eigenvalue weighted by atomic mass is 10.1. The van der Waals surface area contributed by atoms with Crippen LogP contribution in [0.1, 0.15) is 27.6 Å². The molecule has 0 N–H and O–H groups in total. The van der Waals surface area contributed by atoms with Gasteiger partial charge in [0.05, 0.1) is 17.7 Å². The summed E-state index contributed by atoms with van der Waals surface area (Å²) in [4.78, 5) is 27.9. The van der Waals surface area contributed by atoms with E-state index in [2.05, 4.69) is 0 Å². The van der Waals surface area contributed by atoms with Crippen molar-refractivity contribution in [2.24, 2.45) is 0 Å². The first-order chi connectivity index (χ1) is 12.2. The fourth-order valence-electron chi connectivity index (χ4n) is 1.99. The van der Waals surface area contributed by atoms with Crippen LogP contribution in [0.2, 0.25) is 5.02 Å². The van der Waals surface area contributed by atoms with Gasteiger partial charge in [-0.05, 0) is 49.4 Å². The molecule has 0 unspecified atom stereocenters. The molecule has 138 valence electrons. The summed E-state index contributed by atoms with van der Waals surface area (Å²) in [6, 6.07) is 9.74. The number of carbonyl (C=O) groups excluding carboxylic acids is 2. The predicted octanol–water partition coefficient (Wildman–Crippen LogP) is 2.94. The summed E-state index contributed by atoms with van der Waals surface area (Å²) in [7, 11) is -1.64. The molecule has 2 aromatic rings. The summed E-state index contributed by atoms with van der Waals surface area (Å²) in [5.41, 5.74) is 0.473. The number of Topliss-reactive ketones (excluding diaryl/α,β-unsaturated/α-hetero) is 1. The molecule has 26 heavy (non-hydrogen) atoms. The van der Waals surface area contributed by atoms with Gasteiger partial charge in [0.2, 0.25) is 0 Å². The maximum absolute atomic E-state index is 12.4. The third-order valence-corrected chi connectivity index (χ3v) is 5.67. The van der Waals surface area contributed by atoms with E-state index in [0.717, 1.165) is 6.07 Å². The van der Waals surface area contributed by atoms with Gasteiger partial charge in [0, 0.05) is 12.6 Å². The van der Waals surface area contributed by atoms with Gasteiger partial charge in [0.15, 0.2) is 5.78 Å². The summed E-state index contributed by atoms with van der Waals surface area (Å²) < 4.78 is 30.5. The summed E-state index contributed by atoms with van der Waals surface area (Å²) in [5.74, 6) is -0.667. The van der Waals surface area contributed by atoms with Crippen LogP contribution in [0.5, 0.6) is 5.75 Å². The molecular formula is C17H16ClNO6S. The van der Waals surface area contributed by atoms with Gasteiger partial charge >= 0.3 is 5.97 Å². The van der Waals surface area contributed by atoms with Crippen molar-refractivity contribution in [1.82, 2.24) is 4.47 Å². The molecule has 0 bridgehead atoms. The zero-order valence-electron chi connectivity index (χ0n) is 14.2. The van der Waals surface area contributed by atoms with E-state index in [4.69, 9.17) is 21.2 Å². The lowest BCUT2D eigenvalue weighted by molar-refractivity contribution is -0.0258. The number of hydrogen-bond donors (Lipinski definition) is 0. The van der Waals surface area contributed by atoms with Crippen molar-refractivity contribution >= 4 is 33.4 Å². The third-order valence-electron chi connectivity index (χ3n) is 3.51. The zero-order valence-corrected chi connectivity index (χ0v) is 15.8. The highest BCUT2D eigenvalue weighted by atomic mass is 35.5. The molecule has 0 spiro atoms. The molecule has 9 heteroatoms. The van der Waals surface area contributed by atoms with Crippen LogP contribution in [0.15, 0.2) is 47.4 Å². The van der Waals surface area contributed by atoms with Gasteiger partial charge in [-0.2, -0.15) is 0 Å². The molecule has 0 amide bonds. The SMILES string of the molecule is CON(C)S(=O)(=O)c1cc(C(=O)Oc2ccc(C(C)=O)cc2)ccc1Cl. The Labute approximate surface area is 156 Å². The van der Waals surface area contributed by atoms with E-state index in [9.17, 15) is 18.0 Å². The Bertz CT molecular complexity index is 940. The van der Waals surface area contributed by atoms with E-state index >= 15 is 0 Å². The fraction of sp³-hybridized carbons (Fsp3) is 0.176. The number of ether oxygens (including phenoxy) is 1. The molecule has 0 fully saturated rings. The van der Waals surface area contributed by atoms with E-state index in [0.29, 0.717) is 10.0 Å². The molecule has 0 aliphatic carbocycles. The predicted molar refractivity (Wildman–Crippen MR) is 94.8 cm³/mol. The Hall–Kier alpha value is -2.26. The van der Waals surface area contributed by atoms with Crippen molar-refractivity contribution in [2.45, 2.75) is 11.8 Å². The zero-order chi connectivity index (χ0) is 19.5. The third kappa shape index (κ3) is 4.28. The number of carbonyl (C=O) groups is 2. The van der Waals surface area contributed by atoms with Gasteiger partial charge < -0.3 is 4.74 Å². The largest absolute Gasteiger partial charge is 0.423 e. The standard InChI is InChI=1S/C17H16ClNO6S/c1-11(20)12-4-7-14(8-5-12)25-17(21)13-6-9-15(18)16(10-13)26(22,23)19(2)24-3/h4-10H,1-3H3. The van der Waals surface area contributed by atoms with E-state index in [1.165, 1.54) is 57.5 Å². The minimum absolute atomic E-state index is 0.00637. The average Bonchev–Trinajstić information content (AvgIpc) is 2.61.